The van der Waals surface area contributed by atoms with Crippen molar-refractivity contribution >= 4 is 6.03 Å². The zero-order valence-electron chi connectivity index (χ0n) is 12.1. The van der Waals surface area contributed by atoms with Crippen molar-refractivity contribution in [3.05, 3.63) is 21.7 Å². The summed E-state index contributed by atoms with van der Waals surface area (Å²) < 4.78 is 6.29. The molecule has 0 radical (unpaired) electrons. The van der Waals surface area contributed by atoms with Crippen LogP contribution in [0, 0.1) is 0 Å². The molecule has 1 fully saturated rings. The fourth-order valence-electron chi connectivity index (χ4n) is 2.61. The molecular weight excluding hydrogens is 260 g/mol. The highest BCUT2D eigenvalue weighted by Gasteiger charge is 2.27. The van der Waals surface area contributed by atoms with Gasteiger partial charge in [-0.05, 0) is 25.7 Å². The van der Waals surface area contributed by atoms with Crippen LogP contribution < -0.4 is 5.63 Å². The molecule has 0 saturated carbocycles. The molecule has 1 N–H and O–H groups in total. The van der Waals surface area contributed by atoms with Gasteiger partial charge in [-0.2, -0.15) is 0 Å². The number of carbonyl (C=O) groups excluding carboxylic acids is 1. The first-order valence-corrected chi connectivity index (χ1v) is 7.29. The van der Waals surface area contributed by atoms with Gasteiger partial charge in [0.05, 0.1) is 17.4 Å². The third-order valence-electron chi connectivity index (χ3n) is 3.76. The molecule has 1 saturated heterocycles. The molecule has 112 valence electrons. The maximum atomic E-state index is 12.5. The van der Waals surface area contributed by atoms with Crippen molar-refractivity contribution in [3.63, 3.8) is 0 Å². The van der Waals surface area contributed by atoms with Crippen LogP contribution >= 0.6 is 0 Å². The van der Waals surface area contributed by atoms with Crippen molar-refractivity contribution in [1.82, 2.24) is 9.64 Å². The van der Waals surface area contributed by atoms with E-state index in [0.29, 0.717) is 50.0 Å². The van der Waals surface area contributed by atoms with Gasteiger partial charge in [0.2, 0.25) is 0 Å². The standard InChI is InChI=1S/C14H22N2O4/c1-3-5-12-11(4-2)13(18)20-16(12)14(19)15-8-6-10(17)7-9-15/h10,17H,3-9H2,1-2H3. The predicted molar refractivity (Wildman–Crippen MR) is 73.9 cm³/mol. The van der Waals surface area contributed by atoms with Gasteiger partial charge in [-0.25, -0.2) is 9.59 Å². The molecule has 0 spiro atoms. The summed E-state index contributed by atoms with van der Waals surface area (Å²) in [6, 6.07) is -0.294. The van der Waals surface area contributed by atoms with Gasteiger partial charge >= 0.3 is 11.7 Å². The summed E-state index contributed by atoms with van der Waals surface area (Å²) in [5, 5.41) is 9.49. The summed E-state index contributed by atoms with van der Waals surface area (Å²) in [5.41, 5.74) is 0.870. The van der Waals surface area contributed by atoms with E-state index in [1.807, 2.05) is 13.8 Å². The number of carbonyl (C=O) groups is 1. The lowest BCUT2D eigenvalue weighted by atomic mass is 10.1. The molecule has 0 unspecified atom stereocenters. The summed E-state index contributed by atoms with van der Waals surface area (Å²) in [6.07, 6.45) is 2.87. The molecule has 0 bridgehead atoms. The Morgan fingerprint density at radius 1 is 1.35 bits per heavy atom. The van der Waals surface area contributed by atoms with E-state index in [4.69, 9.17) is 4.52 Å². The van der Waals surface area contributed by atoms with E-state index >= 15 is 0 Å². The van der Waals surface area contributed by atoms with Gasteiger partial charge in [-0.15, -0.1) is 4.74 Å². The molecule has 1 aromatic heterocycles. The molecule has 1 aliphatic heterocycles. The third kappa shape index (κ3) is 2.80. The van der Waals surface area contributed by atoms with Crippen molar-refractivity contribution < 1.29 is 14.4 Å². The number of aliphatic hydroxyl groups excluding tert-OH is 1. The minimum atomic E-state index is -0.415. The van der Waals surface area contributed by atoms with E-state index in [-0.39, 0.29) is 12.1 Å². The van der Waals surface area contributed by atoms with Gasteiger partial charge in [0.15, 0.2) is 0 Å². The Balaban J connectivity index is 2.27. The number of aromatic nitrogens is 1. The average Bonchev–Trinajstić information content (AvgIpc) is 2.75. The van der Waals surface area contributed by atoms with E-state index < -0.39 is 5.63 Å². The number of hydrogen-bond acceptors (Lipinski definition) is 4. The number of piperidine rings is 1. The molecule has 0 atom stereocenters. The topological polar surface area (TPSA) is 75.7 Å². The first-order valence-electron chi connectivity index (χ1n) is 7.29. The minimum absolute atomic E-state index is 0.294. The molecule has 6 nitrogen and oxygen atoms in total. The van der Waals surface area contributed by atoms with Crippen molar-refractivity contribution in [2.24, 2.45) is 0 Å². The predicted octanol–water partition coefficient (Wildman–Crippen LogP) is 1.38. The van der Waals surface area contributed by atoms with Crippen LogP contribution in [0.2, 0.25) is 0 Å². The summed E-state index contributed by atoms with van der Waals surface area (Å²) in [5.74, 6) is 0. The van der Waals surface area contributed by atoms with Crippen LogP contribution in [-0.4, -0.2) is 40.0 Å². The Morgan fingerprint density at radius 3 is 2.55 bits per heavy atom. The molecule has 0 aliphatic carbocycles. The fraction of sp³-hybridized carbons (Fsp3) is 0.714. The van der Waals surface area contributed by atoms with E-state index in [2.05, 4.69) is 0 Å². The first-order chi connectivity index (χ1) is 9.58. The molecule has 6 heteroatoms. The lowest BCUT2D eigenvalue weighted by molar-refractivity contribution is 0.0864. The highest BCUT2D eigenvalue weighted by Crippen LogP contribution is 2.15. The van der Waals surface area contributed by atoms with Gasteiger partial charge in [0.1, 0.15) is 0 Å². The third-order valence-corrected chi connectivity index (χ3v) is 3.76. The van der Waals surface area contributed by atoms with Gasteiger partial charge < -0.3 is 14.5 Å². The second kappa shape index (κ2) is 6.26. The van der Waals surface area contributed by atoms with E-state index in [1.54, 1.807) is 4.90 Å². The van der Waals surface area contributed by atoms with Gasteiger partial charge in [0.25, 0.3) is 0 Å². The molecule has 1 amide bonds. The zero-order valence-corrected chi connectivity index (χ0v) is 12.1. The lowest BCUT2D eigenvalue weighted by Crippen LogP contribution is -2.42. The smallest absolute Gasteiger partial charge is 0.361 e. The van der Waals surface area contributed by atoms with Crippen LogP contribution in [0.1, 0.15) is 44.4 Å². The van der Waals surface area contributed by atoms with Crippen molar-refractivity contribution in [2.45, 2.75) is 52.1 Å². The molecule has 0 aromatic carbocycles. The Morgan fingerprint density at radius 2 is 2.00 bits per heavy atom. The van der Waals surface area contributed by atoms with E-state index in [1.165, 1.54) is 0 Å². The fourth-order valence-corrected chi connectivity index (χ4v) is 2.61. The van der Waals surface area contributed by atoms with Crippen LogP contribution in [0.25, 0.3) is 0 Å². The summed E-state index contributed by atoms with van der Waals surface area (Å²) in [7, 11) is 0. The minimum Gasteiger partial charge on any atom is -0.393 e. The number of aliphatic hydroxyl groups is 1. The summed E-state index contributed by atoms with van der Waals surface area (Å²) in [4.78, 5) is 25.9. The maximum Gasteiger partial charge on any atom is 0.361 e. The zero-order chi connectivity index (χ0) is 14.7. The second-order valence-electron chi connectivity index (χ2n) is 5.20. The monoisotopic (exact) mass is 282 g/mol. The Kier molecular flexibility index (Phi) is 4.65. The largest absolute Gasteiger partial charge is 0.393 e. The molecule has 1 aliphatic rings. The number of likely N-dealkylation sites (tertiary alicyclic amines) is 1. The Bertz CT molecular complexity index is 524. The number of amides is 1. The van der Waals surface area contributed by atoms with Crippen LogP contribution in [-0.2, 0) is 12.8 Å². The van der Waals surface area contributed by atoms with E-state index in [0.717, 1.165) is 11.2 Å². The Labute approximate surface area is 117 Å². The average molecular weight is 282 g/mol. The van der Waals surface area contributed by atoms with Crippen LogP contribution in [0.3, 0.4) is 0 Å². The normalized spacial score (nSPS) is 16.6. The van der Waals surface area contributed by atoms with Gasteiger partial charge in [-0.3, -0.25) is 0 Å². The summed E-state index contributed by atoms with van der Waals surface area (Å²) in [6.45, 7) is 4.88. The molecule has 2 rings (SSSR count). The second-order valence-corrected chi connectivity index (χ2v) is 5.20. The van der Waals surface area contributed by atoms with Crippen LogP contribution in [0.5, 0.6) is 0 Å². The first kappa shape index (κ1) is 14.8. The highest BCUT2D eigenvalue weighted by molar-refractivity contribution is 5.76. The molecular formula is C14H22N2O4. The SMILES string of the molecule is CCCc1c(CC)c(=O)on1C(=O)N1CCC(O)CC1. The number of rotatable bonds is 3. The van der Waals surface area contributed by atoms with Gasteiger partial charge in [0, 0.05) is 13.1 Å². The lowest BCUT2D eigenvalue weighted by Gasteiger charge is -2.29. The number of hydrogen-bond donors (Lipinski definition) is 1. The highest BCUT2D eigenvalue weighted by atomic mass is 16.5. The van der Waals surface area contributed by atoms with Crippen LogP contribution in [0.15, 0.2) is 9.32 Å². The quantitative estimate of drug-likeness (QED) is 0.908. The number of nitrogens with zero attached hydrogens (tertiary/aromatic N) is 2. The van der Waals surface area contributed by atoms with Crippen molar-refractivity contribution in [2.75, 3.05) is 13.1 Å². The molecule has 20 heavy (non-hydrogen) atoms. The molecule has 2 heterocycles. The van der Waals surface area contributed by atoms with Crippen LogP contribution in [0.4, 0.5) is 4.79 Å². The van der Waals surface area contributed by atoms with E-state index in [9.17, 15) is 14.7 Å². The Hall–Kier alpha value is -1.56. The van der Waals surface area contributed by atoms with Gasteiger partial charge in [-0.1, -0.05) is 20.3 Å². The maximum absolute atomic E-state index is 12.5. The molecule has 1 aromatic rings. The van der Waals surface area contributed by atoms with Crippen molar-refractivity contribution in [3.8, 4) is 0 Å². The summed E-state index contributed by atoms with van der Waals surface area (Å²) >= 11 is 0. The van der Waals surface area contributed by atoms with Crippen molar-refractivity contribution in [1.29, 1.82) is 0 Å².